The van der Waals surface area contributed by atoms with E-state index >= 15 is 0 Å². The zero-order chi connectivity index (χ0) is 12.4. The summed E-state index contributed by atoms with van der Waals surface area (Å²) >= 11 is 11.7. The molecule has 6 heteroatoms. The van der Waals surface area contributed by atoms with Gasteiger partial charge >= 0.3 is 0 Å². The minimum atomic E-state index is -0.146. The molecule has 2 bridgehead atoms. The normalized spacial score (nSPS) is 11.2. The van der Waals surface area contributed by atoms with Gasteiger partial charge in [-0.25, -0.2) is 9.37 Å². The van der Waals surface area contributed by atoms with Gasteiger partial charge in [-0.2, -0.15) is 0 Å². The van der Waals surface area contributed by atoms with Crippen LogP contribution in [0.5, 0.6) is 0 Å². The van der Waals surface area contributed by atoms with Crippen LogP contribution in [0.4, 0.5) is 4.39 Å². The van der Waals surface area contributed by atoms with Crippen molar-refractivity contribution in [2.24, 2.45) is 0 Å². The number of nitrogens with zero attached hydrogens (tertiary/aromatic N) is 1. The summed E-state index contributed by atoms with van der Waals surface area (Å²) in [6.45, 7) is 1.94. The largest absolute Gasteiger partial charge is 0.335 e. The first-order valence-electron chi connectivity index (χ1n) is 4.75. The molecule has 17 heavy (non-hydrogen) atoms. The van der Waals surface area contributed by atoms with Gasteiger partial charge in [-0.05, 0) is 37.3 Å². The number of benzene rings is 1. The van der Waals surface area contributed by atoms with E-state index in [-0.39, 0.29) is 5.82 Å². The molecule has 0 spiro atoms. The molecule has 0 saturated heterocycles. The zero-order valence-corrected chi connectivity index (χ0v) is 11.2. The molecular weight excluding hydrogens is 279 g/mol. The van der Waals surface area contributed by atoms with Crippen LogP contribution in [-0.2, 0) is 0 Å². The number of hydrogen-bond donors (Lipinski definition) is 1. The highest BCUT2D eigenvalue weighted by Gasteiger charge is 2.23. The Morgan fingerprint density at radius 2 is 2.18 bits per heavy atom. The lowest BCUT2D eigenvalue weighted by Crippen LogP contribution is -1.95. The van der Waals surface area contributed by atoms with Crippen LogP contribution in [0.15, 0.2) is 34.2 Å². The van der Waals surface area contributed by atoms with Crippen LogP contribution in [0.25, 0.3) is 0 Å². The van der Waals surface area contributed by atoms with Crippen molar-refractivity contribution in [3.63, 3.8) is 0 Å². The molecule has 0 amide bonds. The van der Waals surface area contributed by atoms with Gasteiger partial charge in [0, 0.05) is 16.8 Å². The SMILES string of the molecule is Cc1ccnc(=S)[nH]1.Fc1c2ccc(Cl)c1S2. The molecule has 0 aliphatic carbocycles. The number of halogens is 2. The summed E-state index contributed by atoms with van der Waals surface area (Å²) in [6.07, 6.45) is 1.69. The lowest BCUT2D eigenvalue weighted by molar-refractivity contribution is 0.562. The number of fused-ring (bicyclic) bond motifs is 2. The summed E-state index contributed by atoms with van der Waals surface area (Å²) < 4.78 is 13.1. The van der Waals surface area contributed by atoms with Gasteiger partial charge in [0.05, 0.1) is 9.92 Å². The van der Waals surface area contributed by atoms with Crippen molar-refractivity contribution < 1.29 is 4.39 Å². The number of hydrogen-bond acceptors (Lipinski definition) is 3. The Kier molecular flexibility index (Phi) is 3.81. The molecule has 1 aromatic carbocycles. The van der Waals surface area contributed by atoms with E-state index in [1.54, 1.807) is 18.3 Å². The maximum Gasteiger partial charge on any atom is 0.196 e. The molecule has 0 fully saturated rings. The van der Waals surface area contributed by atoms with Crippen molar-refractivity contribution in [1.29, 1.82) is 0 Å². The first-order valence-corrected chi connectivity index (χ1v) is 6.36. The molecule has 2 aliphatic heterocycles. The number of nitrogens with one attached hydrogen (secondary N) is 1. The predicted molar refractivity (Wildman–Crippen MR) is 69.7 cm³/mol. The van der Waals surface area contributed by atoms with Crippen molar-refractivity contribution in [3.8, 4) is 0 Å². The van der Waals surface area contributed by atoms with Crippen LogP contribution in [0, 0.1) is 17.5 Å². The smallest absolute Gasteiger partial charge is 0.196 e. The standard InChI is InChI=1S/C6H2ClFS.C5H6N2S/c7-3-1-2-4-5(8)6(3)9-4;1-4-2-3-6-5(8)7-4/h1-2H;2-3H,1H3,(H,6,7,8). The van der Waals surface area contributed by atoms with Crippen LogP contribution in [-0.4, -0.2) is 9.97 Å². The van der Waals surface area contributed by atoms with Gasteiger partial charge in [-0.15, -0.1) is 0 Å². The molecule has 4 rings (SSSR count). The van der Waals surface area contributed by atoms with E-state index in [9.17, 15) is 4.39 Å². The molecule has 0 atom stereocenters. The number of H-pyrrole nitrogens is 1. The highest BCUT2D eigenvalue weighted by molar-refractivity contribution is 8.00. The number of rotatable bonds is 0. The molecule has 2 aromatic rings. The lowest BCUT2D eigenvalue weighted by atomic mass is 10.3. The van der Waals surface area contributed by atoms with Gasteiger partial charge in [-0.3, -0.25) is 0 Å². The number of aryl methyl sites for hydroxylation is 1. The molecule has 2 nitrogen and oxygen atoms in total. The molecule has 1 N–H and O–H groups in total. The van der Waals surface area contributed by atoms with Gasteiger partial charge in [0.15, 0.2) is 10.6 Å². The summed E-state index contributed by atoms with van der Waals surface area (Å²) in [5, 5.41) is 0.521. The number of aromatic amines is 1. The molecule has 0 saturated carbocycles. The molecule has 2 aliphatic rings. The average Bonchev–Trinajstić information content (AvgIpc) is 2.28. The Morgan fingerprint density at radius 1 is 1.41 bits per heavy atom. The highest BCUT2D eigenvalue weighted by atomic mass is 35.5. The van der Waals surface area contributed by atoms with Crippen molar-refractivity contribution in [2.45, 2.75) is 16.7 Å². The Morgan fingerprint density at radius 3 is 2.53 bits per heavy atom. The minimum absolute atomic E-state index is 0.146. The Labute approximate surface area is 112 Å². The van der Waals surface area contributed by atoms with E-state index in [4.69, 9.17) is 23.8 Å². The van der Waals surface area contributed by atoms with E-state index in [0.29, 0.717) is 19.6 Å². The van der Waals surface area contributed by atoms with Crippen molar-refractivity contribution in [2.75, 3.05) is 0 Å². The second-order valence-corrected chi connectivity index (χ2v) is 5.19. The fourth-order valence-electron chi connectivity index (χ4n) is 1.21. The maximum atomic E-state index is 12.5. The molecule has 3 heterocycles. The van der Waals surface area contributed by atoms with Crippen LogP contribution < -0.4 is 0 Å². The quantitative estimate of drug-likeness (QED) is 0.621. The molecule has 88 valence electrons. The van der Waals surface area contributed by atoms with Crippen LogP contribution in [0.3, 0.4) is 0 Å². The van der Waals surface area contributed by atoms with Crippen LogP contribution in [0.2, 0.25) is 5.02 Å². The summed E-state index contributed by atoms with van der Waals surface area (Å²) in [7, 11) is 0. The topological polar surface area (TPSA) is 28.7 Å². The highest BCUT2D eigenvalue weighted by Crippen LogP contribution is 2.47. The molecular formula is C11H8ClFN2S2. The van der Waals surface area contributed by atoms with E-state index < -0.39 is 0 Å². The summed E-state index contributed by atoms with van der Waals surface area (Å²) in [5.74, 6) is -0.146. The van der Waals surface area contributed by atoms with Crippen molar-refractivity contribution in [1.82, 2.24) is 9.97 Å². The first-order chi connectivity index (χ1) is 8.08. The molecule has 0 unspecified atom stereocenters. The number of aromatic nitrogens is 2. The summed E-state index contributed by atoms with van der Waals surface area (Å²) in [5.41, 5.74) is 1.05. The van der Waals surface area contributed by atoms with Gasteiger partial charge < -0.3 is 4.98 Å². The van der Waals surface area contributed by atoms with Gasteiger partial charge in [0.2, 0.25) is 0 Å². The predicted octanol–water partition coefficient (Wildman–Crippen LogP) is 4.39. The summed E-state index contributed by atoms with van der Waals surface area (Å²) in [6, 6.07) is 5.27. The zero-order valence-electron chi connectivity index (χ0n) is 8.83. The summed E-state index contributed by atoms with van der Waals surface area (Å²) in [4.78, 5) is 7.97. The molecule has 1 aromatic heterocycles. The third kappa shape index (κ3) is 2.86. The molecule has 0 radical (unpaired) electrons. The first kappa shape index (κ1) is 12.5. The Hall–Kier alpha value is -0.910. The second-order valence-electron chi connectivity index (χ2n) is 3.35. The minimum Gasteiger partial charge on any atom is -0.335 e. The van der Waals surface area contributed by atoms with E-state index in [0.717, 1.165) is 5.69 Å². The van der Waals surface area contributed by atoms with E-state index in [1.807, 2.05) is 13.0 Å². The van der Waals surface area contributed by atoms with Gasteiger partial charge in [0.25, 0.3) is 0 Å². The van der Waals surface area contributed by atoms with E-state index in [2.05, 4.69) is 9.97 Å². The second kappa shape index (κ2) is 5.16. The van der Waals surface area contributed by atoms with Crippen LogP contribution >= 0.6 is 35.6 Å². The third-order valence-corrected chi connectivity index (χ3v) is 3.82. The average molecular weight is 287 g/mol. The van der Waals surface area contributed by atoms with Crippen LogP contribution in [0.1, 0.15) is 5.69 Å². The van der Waals surface area contributed by atoms with Gasteiger partial charge in [-0.1, -0.05) is 23.4 Å². The fraction of sp³-hybridized carbons (Fsp3) is 0.0909. The van der Waals surface area contributed by atoms with E-state index in [1.165, 1.54) is 11.8 Å². The fourth-order valence-corrected chi connectivity index (χ4v) is 2.45. The Balaban J connectivity index is 0.000000128. The lowest BCUT2D eigenvalue weighted by Gasteiger charge is -2.16. The third-order valence-electron chi connectivity index (χ3n) is 2.05. The van der Waals surface area contributed by atoms with Gasteiger partial charge in [0.1, 0.15) is 0 Å². The Bertz CT molecular complexity index is 606. The monoisotopic (exact) mass is 286 g/mol. The van der Waals surface area contributed by atoms with Crippen molar-refractivity contribution >= 4 is 35.6 Å². The van der Waals surface area contributed by atoms with Crippen molar-refractivity contribution in [3.05, 3.63) is 45.7 Å². The maximum absolute atomic E-state index is 12.5.